The maximum absolute atomic E-state index is 12.9. The Kier molecular flexibility index (Phi) is 4.68. The number of carbonyl (C=O) groups is 2. The van der Waals surface area contributed by atoms with E-state index >= 15 is 0 Å². The van der Waals surface area contributed by atoms with Crippen molar-refractivity contribution in [1.29, 1.82) is 0 Å². The standard InChI is InChI=1S/C19H20ClN3O2/c1-11(2)17-21-16-9-8-14(20)10-15(16)19(25)23(17)22-18(24)13-6-4-12(3)5-7-13/h4-11,17,21H,1-3H3,(H,22,24). The van der Waals surface area contributed by atoms with Gasteiger partial charge in [-0.25, -0.2) is 5.01 Å². The Labute approximate surface area is 151 Å². The minimum Gasteiger partial charge on any atom is -0.363 e. The largest absolute Gasteiger partial charge is 0.363 e. The van der Waals surface area contributed by atoms with Crippen LogP contribution in [-0.2, 0) is 0 Å². The minimum absolute atomic E-state index is 0.0890. The van der Waals surface area contributed by atoms with E-state index in [1.807, 2.05) is 32.9 Å². The van der Waals surface area contributed by atoms with Crippen LogP contribution < -0.4 is 10.7 Å². The first kappa shape index (κ1) is 17.3. The second kappa shape index (κ2) is 6.76. The number of amides is 2. The van der Waals surface area contributed by atoms with Gasteiger partial charge in [0.25, 0.3) is 11.8 Å². The zero-order valence-electron chi connectivity index (χ0n) is 14.3. The predicted octanol–water partition coefficient (Wildman–Crippen LogP) is 3.84. The average Bonchev–Trinajstić information content (AvgIpc) is 2.58. The lowest BCUT2D eigenvalue weighted by Gasteiger charge is -2.39. The van der Waals surface area contributed by atoms with E-state index in [1.165, 1.54) is 5.01 Å². The molecule has 6 heteroatoms. The molecular formula is C19H20ClN3O2. The summed E-state index contributed by atoms with van der Waals surface area (Å²) in [4.78, 5) is 25.5. The van der Waals surface area contributed by atoms with E-state index in [1.54, 1.807) is 30.3 Å². The summed E-state index contributed by atoms with van der Waals surface area (Å²) in [7, 11) is 0. The number of rotatable bonds is 3. The Morgan fingerprint density at radius 3 is 2.52 bits per heavy atom. The maximum Gasteiger partial charge on any atom is 0.276 e. The molecule has 2 aromatic carbocycles. The Bertz CT molecular complexity index is 818. The number of aryl methyl sites for hydroxylation is 1. The number of hydrogen-bond acceptors (Lipinski definition) is 3. The van der Waals surface area contributed by atoms with Gasteiger partial charge in [-0.1, -0.05) is 43.1 Å². The first-order chi connectivity index (χ1) is 11.9. The third kappa shape index (κ3) is 3.46. The third-order valence-corrected chi connectivity index (χ3v) is 4.41. The molecule has 0 bridgehead atoms. The Balaban J connectivity index is 1.91. The molecule has 1 atom stereocenters. The summed E-state index contributed by atoms with van der Waals surface area (Å²) in [5, 5.41) is 5.13. The van der Waals surface area contributed by atoms with E-state index in [2.05, 4.69) is 10.7 Å². The van der Waals surface area contributed by atoms with E-state index in [9.17, 15) is 9.59 Å². The Morgan fingerprint density at radius 2 is 1.88 bits per heavy atom. The van der Waals surface area contributed by atoms with Crippen molar-refractivity contribution in [2.24, 2.45) is 5.92 Å². The molecule has 5 nitrogen and oxygen atoms in total. The highest BCUT2D eigenvalue weighted by Crippen LogP contribution is 2.29. The molecular weight excluding hydrogens is 338 g/mol. The van der Waals surface area contributed by atoms with Crippen LogP contribution in [0.15, 0.2) is 42.5 Å². The number of benzene rings is 2. The SMILES string of the molecule is Cc1ccc(C(=O)NN2C(=O)c3cc(Cl)ccc3NC2C(C)C)cc1. The second-order valence-corrected chi connectivity index (χ2v) is 6.94. The van der Waals surface area contributed by atoms with E-state index in [0.29, 0.717) is 21.8 Å². The van der Waals surface area contributed by atoms with Crippen molar-refractivity contribution in [1.82, 2.24) is 10.4 Å². The number of anilines is 1. The number of nitrogens with one attached hydrogen (secondary N) is 2. The Morgan fingerprint density at radius 1 is 1.20 bits per heavy atom. The van der Waals surface area contributed by atoms with Crippen molar-refractivity contribution >= 4 is 29.1 Å². The van der Waals surface area contributed by atoms with Gasteiger partial charge in [0, 0.05) is 16.3 Å². The third-order valence-electron chi connectivity index (χ3n) is 4.18. The lowest BCUT2D eigenvalue weighted by Crippen LogP contribution is -2.59. The normalized spacial score (nSPS) is 16.4. The molecule has 25 heavy (non-hydrogen) atoms. The highest BCUT2D eigenvalue weighted by Gasteiger charge is 2.35. The van der Waals surface area contributed by atoms with Gasteiger partial charge in [-0.3, -0.25) is 15.0 Å². The molecule has 0 radical (unpaired) electrons. The smallest absolute Gasteiger partial charge is 0.276 e. The molecule has 0 aliphatic carbocycles. The first-order valence-electron chi connectivity index (χ1n) is 8.14. The highest BCUT2D eigenvalue weighted by molar-refractivity contribution is 6.31. The van der Waals surface area contributed by atoms with Gasteiger partial charge < -0.3 is 5.32 Å². The first-order valence-corrected chi connectivity index (χ1v) is 8.52. The lowest BCUT2D eigenvalue weighted by atomic mass is 10.0. The van der Waals surface area contributed by atoms with Crippen LogP contribution in [0.25, 0.3) is 0 Å². The van der Waals surface area contributed by atoms with Crippen LogP contribution in [0, 0.1) is 12.8 Å². The summed E-state index contributed by atoms with van der Waals surface area (Å²) in [5.74, 6) is -0.521. The summed E-state index contributed by atoms with van der Waals surface area (Å²) >= 11 is 6.02. The topological polar surface area (TPSA) is 61.4 Å². The van der Waals surface area contributed by atoms with Crippen LogP contribution in [0.5, 0.6) is 0 Å². The quantitative estimate of drug-likeness (QED) is 0.877. The molecule has 1 aliphatic heterocycles. The van der Waals surface area contributed by atoms with Gasteiger partial charge in [0.2, 0.25) is 0 Å². The summed E-state index contributed by atoms with van der Waals surface area (Å²) in [6.07, 6.45) is -0.351. The lowest BCUT2D eigenvalue weighted by molar-refractivity contribution is 0.0439. The summed E-state index contributed by atoms with van der Waals surface area (Å²) in [6.45, 7) is 5.92. The van der Waals surface area contributed by atoms with Crippen molar-refractivity contribution in [3.63, 3.8) is 0 Å². The molecule has 0 spiro atoms. The number of carbonyl (C=O) groups excluding carboxylic acids is 2. The molecule has 0 saturated carbocycles. The molecule has 0 saturated heterocycles. The average molecular weight is 358 g/mol. The number of hydrogen-bond donors (Lipinski definition) is 2. The zero-order chi connectivity index (χ0) is 18.1. The van der Waals surface area contributed by atoms with Gasteiger partial charge in [-0.05, 0) is 43.2 Å². The predicted molar refractivity (Wildman–Crippen MR) is 98.5 cm³/mol. The van der Waals surface area contributed by atoms with Crippen molar-refractivity contribution in [2.75, 3.05) is 5.32 Å². The molecule has 1 aliphatic rings. The molecule has 130 valence electrons. The van der Waals surface area contributed by atoms with E-state index in [0.717, 1.165) is 5.56 Å². The van der Waals surface area contributed by atoms with E-state index in [4.69, 9.17) is 11.6 Å². The molecule has 0 aromatic heterocycles. The minimum atomic E-state index is -0.351. The van der Waals surface area contributed by atoms with Gasteiger partial charge in [-0.15, -0.1) is 0 Å². The van der Waals surface area contributed by atoms with E-state index in [-0.39, 0.29) is 23.9 Å². The number of fused-ring (bicyclic) bond motifs is 1. The summed E-state index contributed by atoms with van der Waals surface area (Å²) < 4.78 is 0. The number of halogens is 1. The molecule has 2 amide bonds. The van der Waals surface area contributed by atoms with Gasteiger partial charge >= 0.3 is 0 Å². The van der Waals surface area contributed by atoms with Crippen LogP contribution in [0.1, 0.15) is 40.1 Å². The van der Waals surface area contributed by atoms with Gasteiger partial charge in [-0.2, -0.15) is 0 Å². The Hall–Kier alpha value is -2.53. The number of hydrazine groups is 1. The summed E-state index contributed by atoms with van der Waals surface area (Å²) in [5.41, 5.74) is 5.45. The van der Waals surface area contributed by atoms with Crippen LogP contribution >= 0.6 is 11.6 Å². The van der Waals surface area contributed by atoms with Gasteiger partial charge in [0.15, 0.2) is 0 Å². The van der Waals surface area contributed by atoms with Crippen LogP contribution in [0.4, 0.5) is 5.69 Å². The van der Waals surface area contributed by atoms with Crippen molar-refractivity contribution in [3.8, 4) is 0 Å². The fourth-order valence-electron chi connectivity index (χ4n) is 2.76. The molecule has 1 unspecified atom stereocenters. The van der Waals surface area contributed by atoms with Crippen LogP contribution in [0.3, 0.4) is 0 Å². The van der Waals surface area contributed by atoms with E-state index < -0.39 is 0 Å². The molecule has 0 fully saturated rings. The maximum atomic E-state index is 12.9. The van der Waals surface area contributed by atoms with Crippen molar-refractivity contribution < 1.29 is 9.59 Å². The highest BCUT2D eigenvalue weighted by atomic mass is 35.5. The molecule has 1 heterocycles. The number of nitrogens with zero attached hydrogens (tertiary/aromatic N) is 1. The van der Waals surface area contributed by atoms with Crippen LogP contribution in [0.2, 0.25) is 5.02 Å². The van der Waals surface area contributed by atoms with Crippen LogP contribution in [-0.4, -0.2) is 23.0 Å². The van der Waals surface area contributed by atoms with Gasteiger partial charge in [0.1, 0.15) is 6.17 Å². The fraction of sp³-hybridized carbons (Fsp3) is 0.263. The van der Waals surface area contributed by atoms with Crippen molar-refractivity contribution in [2.45, 2.75) is 26.9 Å². The molecule has 2 N–H and O–H groups in total. The molecule has 2 aromatic rings. The van der Waals surface area contributed by atoms with Crippen molar-refractivity contribution in [3.05, 3.63) is 64.2 Å². The molecule has 3 rings (SSSR count). The van der Waals surface area contributed by atoms with Gasteiger partial charge in [0.05, 0.1) is 5.56 Å². The second-order valence-electron chi connectivity index (χ2n) is 6.51. The summed E-state index contributed by atoms with van der Waals surface area (Å²) in [6, 6.07) is 12.3. The zero-order valence-corrected chi connectivity index (χ0v) is 15.1. The fourth-order valence-corrected chi connectivity index (χ4v) is 2.94. The monoisotopic (exact) mass is 357 g/mol.